The van der Waals surface area contributed by atoms with Gasteiger partial charge >= 0.3 is 12.0 Å². The second-order valence-electron chi connectivity index (χ2n) is 5.28. The summed E-state index contributed by atoms with van der Waals surface area (Å²) in [5, 5.41) is 14.0. The molecule has 7 heteroatoms. The number of carbonyl (C=O) groups excluding carboxylic acids is 2. The number of nitrogens with one attached hydrogen (secondary N) is 2. The molecule has 3 N–H and O–H groups in total. The van der Waals surface area contributed by atoms with E-state index in [2.05, 4.69) is 10.6 Å². The fraction of sp³-hybridized carbons (Fsp3) is 0.750. The number of hydrogen-bond donors (Lipinski definition) is 3. The lowest BCUT2D eigenvalue weighted by Crippen LogP contribution is -2.55. The molecule has 0 aliphatic rings. The molecule has 0 radical (unpaired) electrons. The van der Waals surface area contributed by atoms with Crippen molar-refractivity contribution in [1.29, 1.82) is 0 Å². The van der Waals surface area contributed by atoms with Crippen molar-refractivity contribution in [2.24, 2.45) is 5.92 Å². The van der Waals surface area contributed by atoms with Crippen LogP contribution in [-0.2, 0) is 9.59 Å². The number of nitrogens with zero attached hydrogens (tertiary/aromatic N) is 1. The summed E-state index contributed by atoms with van der Waals surface area (Å²) in [5.74, 6) is -1.09. The van der Waals surface area contributed by atoms with Gasteiger partial charge in [-0.25, -0.2) is 9.59 Å². The summed E-state index contributed by atoms with van der Waals surface area (Å²) in [5.41, 5.74) is -1.33. The van der Waals surface area contributed by atoms with E-state index in [0.717, 1.165) is 4.90 Å². The van der Waals surface area contributed by atoms with Crippen LogP contribution in [0.3, 0.4) is 0 Å². The lowest BCUT2D eigenvalue weighted by atomic mass is 10.1. The Morgan fingerprint density at radius 2 is 1.74 bits per heavy atom. The molecule has 0 fully saturated rings. The van der Waals surface area contributed by atoms with E-state index in [4.69, 9.17) is 5.11 Å². The van der Waals surface area contributed by atoms with Crippen molar-refractivity contribution in [2.75, 3.05) is 20.1 Å². The van der Waals surface area contributed by atoms with Gasteiger partial charge in [0.05, 0.1) is 6.54 Å². The van der Waals surface area contributed by atoms with Gasteiger partial charge in [-0.1, -0.05) is 13.8 Å². The lowest BCUT2D eigenvalue weighted by Gasteiger charge is -2.31. The Labute approximate surface area is 113 Å². The maximum Gasteiger partial charge on any atom is 0.329 e. The number of carbonyl (C=O) groups is 3. The van der Waals surface area contributed by atoms with Crippen LogP contribution in [0.15, 0.2) is 0 Å². The average Bonchev–Trinajstić information content (AvgIpc) is 2.31. The Bertz CT molecular complexity index is 353. The number of rotatable bonds is 6. The summed E-state index contributed by atoms with van der Waals surface area (Å²) in [6.45, 7) is 7.10. The smallest absolute Gasteiger partial charge is 0.329 e. The molecule has 0 saturated heterocycles. The number of hydrogen-bond acceptors (Lipinski definition) is 3. The maximum atomic E-state index is 11.7. The van der Waals surface area contributed by atoms with Gasteiger partial charge < -0.3 is 20.6 Å². The SMILES string of the molecule is CC(C)CNC(=O)CNC(=O)N(C)C(C)(C)C(=O)O. The monoisotopic (exact) mass is 273 g/mol. The van der Waals surface area contributed by atoms with E-state index in [9.17, 15) is 14.4 Å². The first-order valence-corrected chi connectivity index (χ1v) is 6.10. The van der Waals surface area contributed by atoms with Crippen LogP contribution < -0.4 is 10.6 Å². The first kappa shape index (κ1) is 17.2. The van der Waals surface area contributed by atoms with Crippen LogP contribution >= 0.6 is 0 Å². The molecule has 0 aromatic rings. The Kier molecular flexibility index (Phi) is 6.31. The van der Waals surface area contributed by atoms with Gasteiger partial charge in [0.15, 0.2) is 0 Å². The summed E-state index contributed by atoms with van der Waals surface area (Å²) >= 11 is 0. The van der Waals surface area contributed by atoms with Gasteiger partial charge in [-0.3, -0.25) is 4.79 Å². The third kappa shape index (κ3) is 5.58. The average molecular weight is 273 g/mol. The quantitative estimate of drug-likeness (QED) is 0.646. The molecule has 0 aromatic heterocycles. The Balaban J connectivity index is 4.25. The molecule has 0 bridgehead atoms. The zero-order valence-electron chi connectivity index (χ0n) is 12.1. The fourth-order valence-electron chi connectivity index (χ4n) is 1.05. The normalized spacial score (nSPS) is 11.1. The first-order valence-electron chi connectivity index (χ1n) is 6.10. The van der Waals surface area contributed by atoms with Gasteiger partial charge in [-0.05, 0) is 19.8 Å². The molecule has 0 rings (SSSR count). The Morgan fingerprint density at radius 1 is 1.21 bits per heavy atom. The number of carboxylic acids is 1. The van der Waals surface area contributed by atoms with Crippen molar-refractivity contribution in [3.05, 3.63) is 0 Å². The molecular weight excluding hydrogens is 250 g/mol. The largest absolute Gasteiger partial charge is 0.480 e. The van der Waals surface area contributed by atoms with Gasteiger partial charge in [0, 0.05) is 13.6 Å². The predicted octanol–water partition coefficient (Wildman–Crippen LogP) is 0.263. The van der Waals surface area contributed by atoms with E-state index in [1.54, 1.807) is 0 Å². The number of urea groups is 1. The topological polar surface area (TPSA) is 98.7 Å². The van der Waals surface area contributed by atoms with E-state index in [-0.39, 0.29) is 12.5 Å². The predicted molar refractivity (Wildman–Crippen MR) is 70.7 cm³/mol. The molecule has 0 saturated carbocycles. The van der Waals surface area contributed by atoms with Crippen LogP contribution in [0.4, 0.5) is 4.79 Å². The van der Waals surface area contributed by atoms with Crippen LogP contribution in [0.1, 0.15) is 27.7 Å². The highest BCUT2D eigenvalue weighted by molar-refractivity contribution is 5.88. The Morgan fingerprint density at radius 3 is 2.16 bits per heavy atom. The number of likely N-dealkylation sites (N-methyl/N-ethyl adjacent to an activating group) is 1. The van der Waals surface area contributed by atoms with Gasteiger partial charge in [-0.15, -0.1) is 0 Å². The molecular formula is C12H23N3O4. The standard InChI is InChI=1S/C12H23N3O4/c1-8(2)6-13-9(16)7-14-11(19)15(5)12(3,4)10(17)18/h8H,6-7H2,1-5H3,(H,13,16)(H,14,19)(H,17,18). The van der Waals surface area contributed by atoms with Gasteiger partial charge in [0.25, 0.3) is 0 Å². The molecule has 0 aliphatic heterocycles. The van der Waals surface area contributed by atoms with Gasteiger partial charge in [-0.2, -0.15) is 0 Å². The third-order valence-electron chi connectivity index (χ3n) is 2.77. The lowest BCUT2D eigenvalue weighted by molar-refractivity contribution is -0.146. The number of amides is 3. The summed E-state index contributed by atoms with van der Waals surface area (Å²) in [4.78, 5) is 35.1. The van der Waals surface area contributed by atoms with E-state index < -0.39 is 17.5 Å². The molecule has 19 heavy (non-hydrogen) atoms. The van der Waals surface area contributed by atoms with Gasteiger partial charge in [0.2, 0.25) is 5.91 Å². The molecule has 0 spiro atoms. The van der Waals surface area contributed by atoms with Crippen molar-refractivity contribution in [2.45, 2.75) is 33.2 Å². The van der Waals surface area contributed by atoms with E-state index in [1.807, 2.05) is 13.8 Å². The summed E-state index contributed by atoms with van der Waals surface area (Å²) in [6.07, 6.45) is 0. The zero-order valence-corrected chi connectivity index (χ0v) is 12.1. The molecule has 0 unspecified atom stereocenters. The summed E-state index contributed by atoms with van der Waals surface area (Å²) in [6, 6.07) is -0.605. The minimum atomic E-state index is -1.33. The van der Waals surface area contributed by atoms with E-state index in [1.165, 1.54) is 20.9 Å². The third-order valence-corrected chi connectivity index (χ3v) is 2.77. The highest BCUT2D eigenvalue weighted by Crippen LogP contribution is 2.11. The minimum Gasteiger partial charge on any atom is -0.480 e. The molecule has 0 aliphatic carbocycles. The fourth-order valence-corrected chi connectivity index (χ4v) is 1.05. The summed E-state index contributed by atoms with van der Waals surface area (Å²) in [7, 11) is 1.37. The molecule has 3 amide bonds. The van der Waals surface area contributed by atoms with Crippen LogP contribution in [-0.4, -0.2) is 53.6 Å². The van der Waals surface area contributed by atoms with Crippen LogP contribution in [0.2, 0.25) is 0 Å². The highest BCUT2D eigenvalue weighted by Gasteiger charge is 2.35. The highest BCUT2D eigenvalue weighted by atomic mass is 16.4. The van der Waals surface area contributed by atoms with Gasteiger partial charge in [0.1, 0.15) is 5.54 Å². The van der Waals surface area contributed by atoms with Crippen molar-refractivity contribution in [3.63, 3.8) is 0 Å². The van der Waals surface area contributed by atoms with Crippen LogP contribution in [0.25, 0.3) is 0 Å². The van der Waals surface area contributed by atoms with Crippen molar-refractivity contribution < 1.29 is 19.5 Å². The minimum absolute atomic E-state index is 0.175. The Hall–Kier alpha value is -1.79. The molecule has 7 nitrogen and oxygen atoms in total. The molecule has 0 aromatic carbocycles. The first-order chi connectivity index (χ1) is 8.59. The summed E-state index contributed by atoms with van der Waals surface area (Å²) < 4.78 is 0. The van der Waals surface area contributed by atoms with Crippen molar-refractivity contribution in [1.82, 2.24) is 15.5 Å². The second kappa shape index (κ2) is 6.96. The zero-order chi connectivity index (χ0) is 15.2. The van der Waals surface area contributed by atoms with Crippen LogP contribution in [0, 0.1) is 5.92 Å². The van der Waals surface area contributed by atoms with Crippen molar-refractivity contribution in [3.8, 4) is 0 Å². The van der Waals surface area contributed by atoms with E-state index in [0.29, 0.717) is 12.5 Å². The van der Waals surface area contributed by atoms with Crippen molar-refractivity contribution >= 4 is 17.9 Å². The van der Waals surface area contributed by atoms with E-state index >= 15 is 0 Å². The van der Waals surface area contributed by atoms with Crippen LogP contribution in [0.5, 0.6) is 0 Å². The number of aliphatic carboxylic acids is 1. The molecule has 0 heterocycles. The second-order valence-corrected chi connectivity index (χ2v) is 5.28. The molecule has 110 valence electrons. The molecule has 0 atom stereocenters. The maximum absolute atomic E-state index is 11.7. The number of carboxylic acid groups (broad SMARTS) is 1.